The first-order valence-corrected chi connectivity index (χ1v) is 7.49. The third kappa shape index (κ3) is 3.07. The second-order valence-corrected chi connectivity index (χ2v) is 5.77. The smallest absolute Gasteiger partial charge is 0.342 e. The lowest BCUT2D eigenvalue weighted by molar-refractivity contribution is -0.392. The maximum absolute atomic E-state index is 10.9. The molecule has 116 valence electrons. The van der Waals surface area contributed by atoms with E-state index in [1.807, 2.05) is 6.92 Å². The monoisotopic (exact) mass is 294 g/mol. The van der Waals surface area contributed by atoms with Crippen molar-refractivity contribution in [3.63, 3.8) is 0 Å². The van der Waals surface area contributed by atoms with E-state index in [1.54, 1.807) is 4.57 Å². The number of nitro groups is 1. The second-order valence-electron chi connectivity index (χ2n) is 5.77. The van der Waals surface area contributed by atoms with Gasteiger partial charge in [-0.3, -0.25) is 9.80 Å². The minimum atomic E-state index is -0.361. The van der Waals surface area contributed by atoms with Gasteiger partial charge < -0.3 is 15.4 Å². The Balaban J connectivity index is 1.47. The van der Waals surface area contributed by atoms with E-state index in [4.69, 9.17) is 0 Å². The number of nitrogens with one attached hydrogen (secondary N) is 1. The van der Waals surface area contributed by atoms with Gasteiger partial charge in [0.1, 0.15) is 12.7 Å². The van der Waals surface area contributed by atoms with Crippen molar-refractivity contribution in [2.45, 2.75) is 19.5 Å². The molecule has 1 N–H and O–H groups in total. The molecule has 3 rings (SSSR count). The molecule has 0 aromatic carbocycles. The Morgan fingerprint density at radius 2 is 2.10 bits per heavy atom. The summed E-state index contributed by atoms with van der Waals surface area (Å²) in [5.74, 6) is 0.799. The molecule has 0 unspecified atom stereocenters. The predicted molar refractivity (Wildman–Crippen MR) is 78.3 cm³/mol. The van der Waals surface area contributed by atoms with Crippen molar-refractivity contribution in [2.75, 3.05) is 45.8 Å². The Morgan fingerprint density at radius 3 is 2.76 bits per heavy atom. The lowest BCUT2D eigenvalue weighted by atomic mass is 10.1. The van der Waals surface area contributed by atoms with E-state index < -0.39 is 0 Å². The Bertz CT molecular complexity index is 505. The van der Waals surface area contributed by atoms with Gasteiger partial charge in [-0.15, -0.1) is 0 Å². The zero-order valence-corrected chi connectivity index (χ0v) is 12.4. The van der Waals surface area contributed by atoms with Crippen LogP contribution < -0.4 is 5.32 Å². The number of imidazole rings is 1. The quantitative estimate of drug-likeness (QED) is 0.593. The largest absolute Gasteiger partial charge is 0.358 e. The SMILES string of the molecule is Cc1ncc([N+](=O)[O-])n1CCN1CC(N2CCNCC2)C1. The zero-order chi connectivity index (χ0) is 14.8. The molecular weight excluding hydrogens is 272 g/mol. The fraction of sp³-hybridized carbons (Fsp3) is 0.769. The standard InChI is InChI=1S/C13H22N6O2/c1-11-15-8-13(19(20)21)18(11)7-6-16-9-12(10-16)17-4-2-14-3-5-17/h8,12,14H,2-7,9-10H2,1H3. The maximum Gasteiger partial charge on any atom is 0.342 e. The first-order chi connectivity index (χ1) is 10.1. The van der Waals surface area contributed by atoms with Crippen LogP contribution in [0.2, 0.25) is 0 Å². The minimum absolute atomic E-state index is 0.0895. The van der Waals surface area contributed by atoms with Crippen molar-refractivity contribution < 1.29 is 4.92 Å². The number of aryl methyl sites for hydroxylation is 1. The van der Waals surface area contributed by atoms with E-state index >= 15 is 0 Å². The molecular formula is C13H22N6O2. The topological polar surface area (TPSA) is 79.5 Å². The van der Waals surface area contributed by atoms with Crippen LogP contribution in [-0.2, 0) is 6.54 Å². The summed E-state index contributed by atoms with van der Waals surface area (Å²) in [6.07, 6.45) is 1.34. The highest BCUT2D eigenvalue weighted by atomic mass is 16.6. The van der Waals surface area contributed by atoms with Gasteiger partial charge in [-0.1, -0.05) is 0 Å². The number of likely N-dealkylation sites (tertiary alicyclic amines) is 1. The Morgan fingerprint density at radius 1 is 1.38 bits per heavy atom. The second kappa shape index (κ2) is 6.08. The zero-order valence-electron chi connectivity index (χ0n) is 12.4. The van der Waals surface area contributed by atoms with Gasteiger partial charge in [-0.25, -0.2) is 9.55 Å². The summed E-state index contributed by atoms with van der Waals surface area (Å²) >= 11 is 0. The summed E-state index contributed by atoms with van der Waals surface area (Å²) in [6, 6.07) is 0.658. The number of aromatic nitrogens is 2. The van der Waals surface area contributed by atoms with Gasteiger partial charge in [0.2, 0.25) is 0 Å². The molecule has 8 heteroatoms. The van der Waals surface area contributed by atoms with Crippen molar-refractivity contribution in [3.8, 4) is 0 Å². The van der Waals surface area contributed by atoms with Crippen molar-refractivity contribution in [1.29, 1.82) is 0 Å². The van der Waals surface area contributed by atoms with Crippen molar-refractivity contribution in [1.82, 2.24) is 24.7 Å². The maximum atomic E-state index is 10.9. The average Bonchev–Trinajstić information content (AvgIpc) is 2.80. The van der Waals surface area contributed by atoms with Gasteiger partial charge in [0, 0.05) is 58.8 Å². The molecule has 0 aliphatic carbocycles. The highest BCUT2D eigenvalue weighted by Crippen LogP contribution is 2.17. The number of piperazine rings is 1. The highest BCUT2D eigenvalue weighted by Gasteiger charge is 2.32. The Labute approximate surface area is 123 Å². The van der Waals surface area contributed by atoms with Crippen LogP contribution in [0.4, 0.5) is 5.82 Å². The molecule has 0 spiro atoms. The Kier molecular flexibility index (Phi) is 4.18. The van der Waals surface area contributed by atoms with Gasteiger partial charge in [-0.2, -0.15) is 0 Å². The number of rotatable bonds is 5. The van der Waals surface area contributed by atoms with Crippen LogP contribution in [0.5, 0.6) is 0 Å². The van der Waals surface area contributed by atoms with Crippen molar-refractivity contribution in [2.24, 2.45) is 0 Å². The molecule has 2 aliphatic rings. The molecule has 21 heavy (non-hydrogen) atoms. The summed E-state index contributed by atoms with van der Waals surface area (Å²) in [5.41, 5.74) is 0. The fourth-order valence-corrected chi connectivity index (χ4v) is 3.12. The van der Waals surface area contributed by atoms with E-state index in [1.165, 1.54) is 6.20 Å². The van der Waals surface area contributed by atoms with Crippen LogP contribution in [0.3, 0.4) is 0 Å². The van der Waals surface area contributed by atoms with Crippen molar-refractivity contribution >= 4 is 5.82 Å². The van der Waals surface area contributed by atoms with Crippen LogP contribution in [-0.4, -0.2) is 76.1 Å². The first-order valence-electron chi connectivity index (χ1n) is 7.49. The number of nitrogens with zero attached hydrogens (tertiary/aromatic N) is 5. The van der Waals surface area contributed by atoms with Gasteiger partial charge in [-0.05, 0) is 4.92 Å². The summed E-state index contributed by atoms with van der Waals surface area (Å²) in [7, 11) is 0. The molecule has 8 nitrogen and oxygen atoms in total. The lowest BCUT2D eigenvalue weighted by Crippen LogP contribution is -2.62. The van der Waals surface area contributed by atoms with E-state index in [0.29, 0.717) is 18.4 Å². The van der Waals surface area contributed by atoms with Gasteiger partial charge in [0.15, 0.2) is 5.82 Å². The molecule has 2 fully saturated rings. The summed E-state index contributed by atoms with van der Waals surface area (Å²) in [4.78, 5) is 19.5. The third-order valence-corrected chi connectivity index (χ3v) is 4.47. The molecule has 0 atom stereocenters. The molecule has 0 bridgehead atoms. The molecule has 1 aromatic rings. The average molecular weight is 294 g/mol. The van der Waals surface area contributed by atoms with Crippen LogP contribution >= 0.6 is 0 Å². The van der Waals surface area contributed by atoms with E-state index in [2.05, 4.69) is 20.1 Å². The summed E-state index contributed by atoms with van der Waals surface area (Å²) < 4.78 is 1.69. The fourth-order valence-electron chi connectivity index (χ4n) is 3.12. The van der Waals surface area contributed by atoms with E-state index in [-0.39, 0.29) is 10.7 Å². The molecule has 0 radical (unpaired) electrons. The molecule has 3 heterocycles. The highest BCUT2D eigenvalue weighted by molar-refractivity contribution is 5.18. The number of hydrogen-bond acceptors (Lipinski definition) is 6. The Hall–Kier alpha value is -1.51. The minimum Gasteiger partial charge on any atom is -0.358 e. The van der Waals surface area contributed by atoms with Gasteiger partial charge in [0.25, 0.3) is 0 Å². The molecule has 2 saturated heterocycles. The van der Waals surface area contributed by atoms with Crippen LogP contribution in [0.25, 0.3) is 0 Å². The van der Waals surface area contributed by atoms with Crippen molar-refractivity contribution in [3.05, 3.63) is 22.1 Å². The number of hydrogen-bond donors (Lipinski definition) is 1. The van der Waals surface area contributed by atoms with Crippen LogP contribution in [0.15, 0.2) is 6.20 Å². The summed E-state index contributed by atoms with van der Waals surface area (Å²) in [6.45, 7) is 9.86. The molecule has 1 aromatic heterocycles. The van der Waals surface area contributed by atoms with Crippen LogP contribution in [0, 0.1) is 17.0 Å². The predicted octanol–water partition coefficient (Wildman–Crippen LogP) is -0.311. The normalized spacial score (nSPS) is 21.4. The lowest BCUT2D eigenvalue weighted by Gasteiger charge is -2.46. The molecule has 0 saturated carbocycles. The van der Waals surface area contributed by atoms with Gasteiger partial charge >= 0.3 is 5.82 Å². The molecule has 2 aliphatic heterocycles. The van der Waals surface area contributed by atoms with E-state index in [9.17, 15) is 10.1 Å². The first kappa shape index (κ1) is 14.4. The molecule has 0 amide bonds. The van der Waals surface area contributed by atoms with Crippen LogP contribution in [0.1, 0.15) is 5.82 Å². The third-order valence-electron chi connectivity index (χ3n) is 4.47. The van der Waals surface area contributed by atoms with Gasteiger partial charge in [0.05, 0.1) is 0 Å². The van der Waals surface area contributed by atoms with E-state index in [0.717, 1.165) is 45.8 Å². The summed E-state index contributed by atoms with van der Waals surface area (Å²) in [5, 5.41) is 14.3.